The lowest BCUT2D eigenvalue weighted by atomic mass is 10.1. The summed E-state index contributed by atoms with van der Waals surface area (Å²) in [5, 5.41) is 13.2. The van der Waals surface area contributed by atoms with Crippen LogP contribution in [0.15, 0.2) is 0 Å². The number of likely N-dealkylation sites (N-methyl/N-ethyl adjacent to an activating group) is 1. The van der Waals surface area contributed by atoms with Gasteiger partial charge < -0.3 is 15.2 Å². The van der Waals surface area contributed by atoms with Gasteiger partial charge in [0.1, 0.15) is 6.04 Å². The first-order valence-corrected chi connectivity index (χ1v) is 4.21. The minimum Gasteiger partial charge on any atom is -0.550 e. The Morgan fingerprint density at radius 2 is 2.38 bits per heavy atom. The van der Waals surface area contributed by atoms with Crippen LogP contribution in [0.4, 0.5) is 0 Å². The fourth-order valence-corrected chi connectivity index (χ4v) is 1.33. The molecule has 0 aliphatic carbocycles. The van der Waals surface area contributed by atoms with Crippen molar-refractivity contribution in [3.05, 3.63) is 0 Å². The molecule has 1 aliphatic rings. The van der Waals surface area contributed by atoms with E-state index in [4.69, 9.17) is 12.2 Å². The van der Waals surface area contributed by atoms with Crippen LogP contribution in [0.5, 0.6) is 0 Å². The Hall–Kier alpha value is -1.17. The van der Waals surface area contributed by atoms with Crippen LogP contribution < -0.4 is 10.4 Å². The minimum absolute atomic E-state index is 0.139. The molecule has 1 amide bonds. The van der Waals surface area contributed by atoms with Gasteiger partial charge in [-0.15, -0.1) is 0 Å². The molecule has 0 aromatic heterocycles. The van der Waals surface area contributed by atoms with Crippen LogP contribution in [0.1, 0.15) is 12.8 Å². The van der Waals surface area contributed by atoms with Gasteiger partial charge in [-0.1, -0.05) is 0 Å². The molecular formula is C7H9N2O3S-. The zero-order valence-corrected chi connectivity index (χ0v) is 7.89. The highest BCUT2D eigenvalue weighted by molar-refractivity contribution is 7.80. The lowest BCUT2D eigenvalue weighted by Gasteiger charge is -2.07. The van der Waals surface area contributed by atoms with E-state index >= 15 is 0 Å². The molecule has 13 heavy (non-hydrogen) atoms. The summed E-state index contributed by atoms with van der Waals surface area (Å²) in [6.45, 7) is 0. The van der Waals surface area contributed by atoms with Crippen LogP contribution in [-0.2, 0) is 9.59 Å². The number of nitrogens with one attached hydrogen (secondary N) is 1. The molecule has 5 nitrogen and oxygen atoms in total. The third-order valence-electron chi connectivity index (χ3n) is 1.87. The van der Waals surface area contributed by atoms with Gasteiger partial charge in [0.05, 0.1) is 0 Å². The Kier molecular flexibility index (Phi) is 2.82. The van der Waals surface area contributed by atoms with Gasteiger partial charge in [-0.3, -0.25) is 9.69 Å². The van der Waals surface area contributed by atoms with Crippen molar-refractivity contribution in [2.75, 3.05) is 7.05 Å². The van der Waals surface area contributed by atoms with Crippen LogP contribution in [0.3, 0.4) is 0 Å². The van der Waals surface area contributed by atoms with Crippen LogP contribution >= 0.6 is 12.2 Å². The number of carboxylic acids is 1. The summed E-state index contributed by atoms with van der Waals surface area (Å²) in [4.78, 5) is 22.7. The zero-order chi connectivity index (χ0) is 10.0. The number of amides is 1. The van der Waals surface area contributed by atoms with Crippen molar-refractivity contribution in [3.8, 4) is 0 Å². The maximum absolute atomic E-state index is 11.3. The molecular weight excluding hydrogens is 192 g/mol. The summed E-state index contributed by atoms with van der Waals surface area (Å²) in [7, 11) is 1.55. The van der Waals surface area contributed by atoms with E-state index in [1.54, 1.807) is 7.05 Å². The smallest absolute Gasteiger partial charge is 0.251 e. The fraction of sp³-hybridized carbons (Fsp3) is 0.571. The third kappa shape index (κ3) is 2.15. The molecule has 1 atom stereocenters. The van der Waals surface area contributed by atoms with Crippen LogP contribution in [-0.4, -0.2) is 35.0 Å². The SMILES string of the molecule is CN1C(=O)[C@H](CCC(=O)[O-])NC1=S. The monoisotopic (exact) mass is 201 g/mol. The summed E-state index contributed by atoms with van der Waals surface area (Å²) in [6, 6.07) is -0.504. The molecule has 0 aromatic rings. The van der Waals surface area contributed by atoms with Gasteiger partial charge in [0, 0.05) is 13.0 Å². The Balaban J connectivity index is 2.49. The van der Waals surface area contributed by atoms with E-state index in [2.05, 4.69) is 5.32 Å². The number of carboxylic acid groups (broad SMARTS) is 1. The average molecular weight is 201 g/mol. The predicted molar refractivity (Wildman–Crippen MR) is 46.5 cm³/mol. The van der Waals surface area contributed by atoms with Gasteiger partial charge in [0.25, 0.3) is 5.91 Å². The van der Waals surface area contributed by atoms with E-state index in [-0.39, 0.29) is 18.7 Å². The van der Waals surface area contributed by atoms with Crippen molar-refractivity contribution in [1.82, 2.24) is 10.2 Å². The van der Waals surface area contributed by atoms with E-state index in [0.29, 0.717) is 5.11 Å². The molecule has 1 N–H and O–H groups in total. The molecule has 0 unspecified atom stereocenters. The molecule has 6 heteroatoms. The van der Waals surface area contributed by atoms with Gasteiger partial charge in [0.2, 0.25) is 0 Å². The molecule has 0 saturated carbocycles. The van der Waals surface area contributed by atoms with E-state index in [1.807, 2.05) is 0 Å². The minimum atomic E-state index is -1.16. The zero-order valence-electron chi connectivity index (χ0n) is 7.07. The molecule has 1 heterocycles. The van der Waals surface area contributed by atoms with Crippen molar-refractivity contribution in [1.29, 1.82) is 0 Å². The quantitative estimate of drug-likeness (QED) is 0.547. The van der Waals surface area contributed by atoms with Crippen molar-refractivity contribution in [3.63, 3.8) is 0 Å². The summed E-state index contributed by atoms with van der Waals surface area (Å²) < 4.78 is 0. The molecule has 0 radical (unpaired) electrons. The largest absolute Gasteiger partial charge is 0.550 e. The number of carbonyl (C=O) groups excluding carboxylic acids is 2. The lowest BCUT2D eigenvalue weighted by Crippen LogP contribution is -2.32. The number of carbonyl (C=O) groups is 2. The number of nitrogens with zero attached hydrogens (tertiary/aromatic N) is 1. The molecule has 0 aromatic carbocycles. The predicted octanol–water partition coefficient (Wildman–Crippen LogP) is -1.77. The van der Waals surface area contributed by atoms with Crippen LogP contribution in [0.25, 0.3) is 0 Å². The fourth-order valence-electron chi connectivity index (χ4n) is 1.10. The van der Waals surface area contributed by atoms with Crippen molar-refractivity contribution in [2.24, 2.45) is 0 Å². The molecule has 1 rings (SSSR count). The van der Waals surface area contributed by atoms with Crippen LogP contribution in [0.2, 0.25) is 0 Å². The van der Waals surface area contributed by atoms with Gasteiger partial charge in [-0.25, -0.2) is 0 Å². The van der Waals surface area contributed by atoms with Crippen LogP contribution in [0, 0.1) is 0 Å². The average Bonchev–Trinajstić information content (AvgIpc) is 2.29. The molecule has 0 bridgehead atoms. The van der Waals surface area contributed by atoms with Crippen molar-refractivity contribution >= 4 is 29.2 Å². The maximum Gasteiger partial charge on any atom is 0.251 e. The van der Waals surface area contributed by atoms with E-state index in [1.165, 1.54) is 4.90 Å². The first-order chi connectivity index (χ1) is 6.02. The summed E-state index contributed by atoms with van der Waals surface area (Å²) in [5.74, 6) is -1.35. The van der Waals surface area contributed by atoms with E-state index in [9.17, 15) is 14.7 Å². The molecule has 0 spiro atoms. The number of hydrogen-bond donors (Lipinski definition) is 1. The molecule has 72 valence electrons. The van der Waals surface area contributed by atoms with Crippen molar-refractivity contribution in [2.45, 2.75) is 18.9 Å². The normalized spacial score (nSPS) is 21.9. The number of thiocarbonyl (C=S) groups is 1. The third-order valence-corrected chi connectivity index (χ3v) is 2.26. The highest BCUT2D eigenvalue weighted by Gasteiger charge is 2.31. The number of rotatable bonds is 3. The summed E-state index contributed by atoms with van der Waals surface area (Å²) in [5.41, 5.74) is 0. The molecule has 1 aliphatic heterocycles. The second kappa shape index (κ2) is 3.69. The van der Waals surface area contributed by atoms with E-state index in [0.717, 1.165) is 0 Å². The first kappa shape index (κ1) is 9.91. The van der Waals surface area contributed by atoms with Crippen molar-refractivity contribution < 1.29 is 14.7 Å². The Morgan fingerprint density at radius 1 is 1.77 bits per heavy atom. The standard InChI is InChI=1S/C7H10N2O3S/c1-9-6(12)4(8-7(9)13)2-3-5(10)11/h4H,2-3H2,1H3,(H,8,13)(H,10,11)/p-1/t4-/m0/s1. The second-order valence-corrected chi connectivity index (χ2v) is 3.20. The first-order valence-electron chi connectivity index (χ1n) is 3.80. The van der Waals surface area contributed by atoms with E-state index < -0.39 is 12.0 Å². The van der Waals surface area contributed by atoms with Gasteiger partial charge in [0.15, 0.2) is 5.11 Å². The molecule has 1 saturated heterocycles. The highest BCUT2D eigenvalue weighted by atomic mass is 32.1. The Morgan fingerprint density at radius 3 is 2.77 bits per heavy atom. The summed E-state index contributed by atoms with van der Waals surface area (Å²) >= 11 is 4.81. The maximum atomic E-state index is 11.3. The highest BCUT2D eigenvalue weighted by Crippen LogP contribution is 2.08. The topological polar surface area (TPSA) is 72.5 Å². The Labute approximate surface area is 80.7 Å². The van der Waals surface area contributed by atoms with Gasteiger partial charge >= 0.3 is 0 Å². The lowest BCUT2D eigenvalue weighted by molar-refractivity contribution is -0.305. The van der Waals surface area contributed by atoms with Gasteiger partial charge in [-0.2, -0.15) is 0 Å². The van der Waals surface area contributed by atoms with Gasteiger partial charge in [-0.05, 0) is 25.1 Å². The number of aliphatic carboxylic acids is 1. The number of hydrogen-bond acceptors (Lipinski definition) is 4. The second-order valence-electron chi connectivity index (χ2n) is 2.81. The molecule has 1 fully saturated rings. The summed E-state index contributed by atoms with van der Waals surface area (Å²) in [6.07, 6.45) is 0.0749. The Bertz CT molecular complexity index is 266.